The van der Waals surface area contributed by atoms with E-state index in [0.29, 0.717) is 5.56 Å². The van der Waals surface area contributed by atoms with E-state index in [0.717, 1.165) is 0 Å². The molecule has 0 unspecified atom stereocenters. The number of methoxy groups -OCH3 is 1. The van der Waals surface area contributed by atoms with Gasteiger partial charge in [0.2, 0.25) is 5.78 Å². The highest BCUT2D eigenvalue weighted by atomic mass is 16.5. The number of aromatic nitrogens is 2. The lowest BCUT2D eigenvalue weighted by atomic mass is 10.1. The van der Waals surface area contributed by atoms with Gasteiger partial charge < -0.3 is 16.2 Å². The first-order valence-corrected chi connectivity index (χ1v) is 5.65. The zero-order valence-corrected chi connectivity index (χ0v) is 10.7. The monoisotopic (exact) mass is 272 g/mol. The zero-order valence-electron chi connectivity index (χ0n) is 10.7. The molecule has 0 fully saturated rings. The van der Waals surface area contributed by atoms with Crippen molar-refractivity contribution in [2.45, 2.75) is 0 Å². The van der Waals surface area contributed by atoms with Gasteiger partial charge in [0.05, 0.1) is 7.11 Å². The zero-order chi connectivity index (χ0) is 14.7. The highest BCUT2D eigenvalue weighted by molar-refractivity contribution is 6.11. The van der Waals surface area contributed by atoms with E-state index < -0.39 is 11.8 Å². The lowest BCUT2D eigenvalue weighted by molar-refractivity contribution is 0.0595. The van der Waals surface area contributed by atoms with Crippen LogP contribution in [0.15, 0.2) is 30.3 Å². The molecule has 0 atom stereocenters. The van der Waals surface area contributed by atoms with Crippen LogP contribution in [0, 0.1) is 0 Å². The van der Waals surface area contributed by atoms with E-state index in [2.05, 4.69) is 14.7 Å². The minimum Gasteiger partial charge on any atom is -0.464 e. The van der Waals surface area contributed by atoms with Crippen LogP contribution in [0.3, 0.4) is 0 Å². The molecule has 4 N–H and O–H groups in total. The number of nitrogens with zero attached hydrogens (tertiary/aromatic N) is 2. The van der Waals surface area contributed by atoms with Gasteiger partial charge in [-0.2, -0.15) is 0 Å². The van der Waals surface area contributed by atoms with Crippen molar-refractivity contribution in [3.8, 4) is 0 Å². The second kappa shape index (κ2) is 5.35. The first-order valence-electron chi connectivity index (χ1n) is 5.65. The third-order valence-corrected chi connectivity index (χ3v) is 2.58. The summed E-state index contributed by atoms with van der Waals surface area (Å²) in [5, 5.41) is 0. The van der Waals surface area contributed by atoms with Crippen molar-refractivity contribution in [1.29, 1.82) is 0 Å². The van der Waals surface area contributed by atoms with Crippen LogP contribution >= 0.6 is 0 Å². The number of rotatable bonds is 3. The normalized spacial score (nSPS) is 10.1. The number of esters is 1. The van der Waals surface area contributed by atoms with Crippen molar-refractivity contribution in [2.24, 2.45) is 0 Å². The standard InChI is InChI=1S/C13H12N4O3/c1-20-13(19)9-12(15)17-11(14)8(16-9)10(18)7-5-3-2-4-6-7/h2-6H,1H3,(H4,14,15,17). The summed E-state index contributed by atoms with van der Waals surface area (Å²) in [5.41, 5.74) is 11.2. The minimum absolute atomic E-state index is 0.134. The van der Waals surface area contributed by atoms with E-state index in [4.69, 9.17) is 11.5 Å². The number of carbonyl (C=O) groups is 2. The van der Waals surface area contributed by atoms with Gasteiger partial charge in [-0.15, -0.1) is 0 Å². The average molecular weight is 272 g/mol. The molecule has 0 saturated heterocycles. The van der Waals surface area contributed by atoms with E-state index in [1.165, 1.54) is 7.11 Å². The fourth-order valence-corrected chi connectivity index (χ4v) is 1.60. The molecule has 0 aliphatic rings. The Balaban J connectivity index is 2.52. The number of nitrogens with two attached hydrogens (primary N) is 2. The van der Waals surface area contributed by atoms with Crippen molar-refractivity contribution in [2.75, 3.05) is 18.6 Å². The number of benzene rings is 1. The maximum atomic E-state index is 12.3. The van der Waals surface area contributed by atoms with Crippen molar-refractivity contribution in [1.82, 2.24) is 9.97 Å². The molecule has 2 rings (SSSR count). The van der Waals surface area contributed by atoms with Crippen LogP contribution in [0.5, 0.6) is 0 Å². The summed E-state index contributed by atoms with van der Waals surface area (Å²) >= 11 is 0. The molecule has 1 aromatic heterocycles. The molecule has 0 amide bonds. The summed E-state index contributed by atoms with van der Waals surface area (Å²) in [4.78, 5) is 31.4. The largest absolute Gasteiger partial charge is 0.464 e. The van der Waals surface area contributed by atoms with Crippen LogP contribution in [0.4, 0.5) is 11.6 Å². The van der Waals surface area contributed by atoms with Gasteiger partial charge in [0.25, 0.3) is 0 Å². The Morgan fingerprint density at radius 3 is 2.20 bits per heavy atom. The molecule has 7 heteroatoms. The Hall–Kier alpha value is -2.96. The molecule has 0 bridgehead atoms. The van der Waals surface area contributed by atoms with Crippen molar-refractivity contribution in [3.63, 3.8) is 0 Å². The number of ether oxygens (including phenoxy) is 1. The van der Waals surface area contributed by atoms with E-state index >= 15 is 0 Å². The van der Waals surface area contributed by atoms with Crippen LogP contribution < -0.4 is 11.5 Å². The summed E-state index contributed by atoms with van der Waals surface area (Å²) in [5.74, 6) is -1.54. The Bertz CT molecular complexity index is 671. The number of anilines is 2. The quantitative estimate of drug-likeness (QED) is 0.621. The average Bonchev–Trinajstić information content (AvgIpc) is 2.47. The van der Waals surface area contributed by atoms with Gasteiger partial charge in [-0.25, -0.2) is 14.8 Å². The summed E-state index contributed by atoms with van der Waals surface area (Å²) in [6.45, 7) is 0. The first kappa shape index (κ1) is 13.5. The number of ketones is 1. The number of hydrogen-bond donors (Lipinski definition) is 2. The lowest BCUT2D eigenvalue weighted by Crippen LogP contribution is -2.17. The summed E-state index contributed by atoms with van der Waals surface area (Å²) in [6.07, 6.45) is 0. The Morgan fingerprint density at radius 2 is 1.60 bits per heavy atom. The third-order valence-electron chi connectivity index (χ3n) is 2.58. The summed E-state index contributed by atoms with van der Waals surface area (Å²) in [6, 6.07) is 8.40. The third kappa shape index (κ3) is 2.41. The van der Waals surface area contributed by atoms with Crippen molar-refractivity contribution < 1.29 is 14.3 Å². The van der Waals surface area contributed by atoms with Gasteiger partial charge >= 0.3 is 5.97 Å². The molecule has 0 saturated carbocycles. The van der Waals surface area contributed by atoms with E-state index in [1.54, 1.807) is 30.3 Å². The molecule has 7 nitrogen and oxygen atoms in total. The molecule has 0 aliphatic carbocycles. The van der Waals surface area contributed by atoms with Gasteiger partial charge in [-0.1, -0.05) is 30.3 Å². The van der Waals surface area contributed by atoms with E-state index in [-0.39, 0.29) is 23.0 Å². The van der Waals surface area contributed by atoms with Crippen molar-refractivity contribution >= 4 is 23.4 Å². The predicted molar refractivity (Wildman–Crippen MR) is 72.1 cm³/mol. The number of nitrogen functional groups attached to an aromatic ring is 2. The highest BCUT2D eigenvalue weighted by Crippen LogP contribution is 2.17. The van der Waals surface area contributed by atoms with Gasteiger partial charge in [-0.3, -0.25) is 4.79 Å². The summed E-state index contributed by atoms with van der Waals surface area (Å²) in [7, 11) is 1.18. The van der Waals surface area contributed by atoms with E-state index in [9.17, 15) is 9.59 Å². The van der Waals surface area contributed by atoms with Gasteiger partial charge in [0.15, 0.2) is 23.0 Å². The Kier molecular flexibility index (Phi) is 3.60. The lowest BCUT2D eigenvalue weighted by Gasteiger charge is -2.07. The fraction of sp³-hybridized carbons (Fsp3) is 0.0769. The topological polar surface area (TPSA) is 121 Å². The molecule has 0 aliphatic heterocycles. The predicted octanol–water partition coefficient (Wildman–Crippen LogP) is 0.659. The SMILES string of the molecule is COC(=O)c1nc(C(=O)c2ccccc2)c(N)nc1N. The molecule has 20 heavy (non-hydrogen) atoms. The van der Waals surface area contributed by atoms with Gasteiger partial charge in [0.1, 0.15) is 0 Å². The Morgan fingerprint density at radius 1 is 1.00 bits per heavy atom. The van der Waals surface area contributed by atoms with Crippen LogP contribution in [0.25, 0.3) is 0 Å². The minimum atomic E-state index is -0.780. The molecular weight excluding hydrogens is 260 g/mol. The molecule has 1 aromatic carbocycles. The summed E-state index contributed by atoms with van der Waals surface area (Å²) < 4.78 is 4.52. The molecule has 0 radical (unpaired) electrons. The molecule has 0 spiro atoms. The highest BCUT2D eigenvalue weighted by Gasteiger charge is 2.21. The van der Waals surface area contributed by atoms with Crippen LogP contribution in [0.2, 0.25) is 0 Å². The molecule has 2 aromatic rings. The molecule has 102 valence electrons. The van der Waals surface area contributed by atoms with Crippen LogP contribution in [-0.4, -0.2) is 28.8 Å². The van der Waals surface area contributed by atoms with Gasteiger partial charge in [-0.05, 0) is 0 Å². The fourth-order valence-electron chi connectivity index (χ4n) is 1.60. The van der Waals surface area contributed by atoms with Crippen LogP contribution in [0.1, 0.15) is 26.5 Å². The Labute approximate surface area is 114 Å². The number of hydrogen-bond acceptors (Lipinski definition) is 7. The second-order valence-electron chi connectivity index (χ2n) is 3.88. The smallest absolute Gasteiger partial charge is 0.360 e. The first-order chi connectivity index (χ1) is 9.54. The van der Waals surface area contributed by atoms with Gasteiger partial charge in [0, 0.05) is 5.56 Å². The number of carbonyl (C=O) groups excluding carboxylic acids is 2. The maximum absolute atomic E-state index is 12.3. The van der Waals surface area contributed by atoms with E-state index in [1.807, 2.05) is 0 Å². The maximum Gasteiger partial charge on any atom is 0.360 e. The molecule has 1 heterocycles. The van der Waals surface area contributed by atoms with Crippen LogP contribution in [-0.2, 0) is 4.74 Å². The molecular formula is C13H12N4O3. The van der Waals surface area contributed by atoms with Crippen molar-refractivity contribution in [3.05, 3.63) is 47.3 Å². The second-order valence-corrected chi connectivity index (χ2v) is 3.88.